The lowest BCUT2D eigenvalue weighted by molar-refractivity contribution is -0.0991. The molecule has 0 saturated carbocycles. The maximum Gasteiger partial charge on any atom is 0.208 e. The molecule has 12 heavy (non-hydrogen) atoms. The largest absolute Gasteiger partial charge is 0.463 e. The van der Waals surface area contributed by atoms with Crippen LogP contribution in [0.15, 0.2) is 30.3 Å². The number of hydrogen-bond acceptors (Lipinski definition) is 2. The molecule has 1 rings (SSSR count). The number of benzene rings is 1. The van der Waals surface area contributed by atoms with Gasteiger partial charge in [-0.15, -0.1) is 0 Å². The van der Waals surface area contributed by atoms with Crippen molar-refractivity contribution in [3.05, 3.63) is 37.3 Å². The molecule has 0 aliphatic carbocycles. The molecule has 1 radical (unpaired) electrons. The average molecular weight is 165 g/mol. The molecule has 1 aromatic carbocycles. The van der Waals surface area contributed by atoms with Gasteiger partial charge in [0.25, 0.3) is 0 Å². The minimum absolute atomic E-state index is 0.460. The van der Waals surface area contributed by atoms with Crippen LogP contribution in [0.2, 0.25) is 0 Å². The Balaban J connectivity index is 2.64. The van der Waals surface area contributed by atoms with Crippen LogP contribution in [-0.4, -0.2) is 10.9 Å². The Morgan fingerprint density at radius 1 is 1.42 bits per heavy atom. The molecule has 0 saturated heterocycles. The fourth-order valence-electron chi connectivity index (χ4n) is 0.780. The molecule has 0 fully saturated rings. The molecule has 2 nitrogen and oxygen atoms in total. The Morgan fingerprint density at radius 2 is 2.00 bits per heavy atom. The van der Waals surface area contributed by atoms with E-state index in [2.05, 4.69) is 6.92 Å². The maximum atomic E-state index is 9.44. The van der Waals surface area contributed by atoms with Gasteiger partial charge in [0.05, 0.1) is 0 Å². The van der Waals surface area contributed by atoms with Crippen LogP contribution in [0.5, 0.6) is 5.75 Å². The summed E-state index contributed by atoms with van der Waals surface area (Å²) < 4.78 is 5.20. The van der Waals surface area contributed by atoms with Crippen LogP contribution in [0, 0.1) is 6.92 Å². The number of rotatable bonds is 3. The van der Waals surface area contributed by atoms with Gasteiger partial charge in [-0.05, 0) is 12.1 Å². The highest BCUT2D eigenvalue weighted by Crippen LogP contribution is 2.17. The highest BCUT2D eigenvalue weighted by molar-refractivity contribution is 5.21. The molecule has 0 heterocycles. The Bertz CT molecular complexity index is 229. The number of hydrogen-bond donors (Lipinski definition) is 1. The molecule has 0 amide bonds. The summed E-state index contributed by atoms with van der Waals surface area (Å²) in [5.41, 5.74) is 0. The van der Waals surface area contributed by atoms with Crippen LogP contribution >= 0.6 is 0 Å². The van der Waals surface area contributed by atoms with Crippen molar-refractivity contribution in [3.63, 3.8) is 0 Å². The number of ether oxygens (including phenoxy) is 1. The van der Waals surface area contributed by atoms with Crippen LogP contribution in [0.4, 0.5) is 0 Å². The van der Waals surface area contributed by atoms with E-state index < -0.39 is 5.79 Å². The van der Waals surface area contributed by atoms with Crippen molar-refractivity contribution in [2.45, 2.75) is 19.1 Å². The lowest BCUT2D eigenvalue weighted by Gasteiger charge is -2.22. The monoisotopic (exact) mass is 165 g/mol. The zero-order chi connectivity index (χ0) is 9.03. The molecule has 0 aromatic heterocycles. The van der Waals surface area contributed by atoms with Crippen LogP contribution in [-0.2, 0) is 0 Å². The Labute approximate surface area is 72.8 Å². The van der Waals surface area contributed by atoms with Gasteiger partial charge < -0.3 is 9.84 Å². The Hall–Kier alpha value is -1.02. The second-order valence-electron chi connectivity index (χ2n) is 2.71. The lowest BCUT2D eigenvalue weighted by Crippen LogP contribution is -2.30. The van der Waals surface area contributed by atoms with Crippen molar-refractivity contribution in [3.8, 4) is 5.75 Å². The summed E-state index contributed by atoms with van der Waals surface area (Å²) >= 11 is 0. The van der Waals surface area contributed by atoms with Crippen LogP contribution < -0.4 is 4.74 Å². The van der Waals surface area contributed by atoms with Crippen molar-refractivity contribution in [1.29, 1.82) is 0 Å². The third kappa shape index (κ3) is 2.55. The van der Waals surface area contributed by atoms with Crippen molar-refractivity contribution in [2.75, 3.05) is 0 Å². The smallest absolute Gasteiger partial charge is 0.208 e. The van der Waals surface area contributed by atoms with Gasteiger partial charge in [0, 0.05) is 13.3 Å². The van der Waals surface area contributed by atoms with Gasteiger partial charge in [-0.3, -0.25) is 0 Å². The van der Waals surface area contributed by atoms with Crippen molar-refractivity contribution < 1.29 is 9.84 Å². The quantitative estimate of drug-likeness (QED) is 0.694. The summed E-state index contributed by atoms with van der Waals surface area (Å²) in [7, 11) is 0. The first kappa shape index (κ1) is 9.07. The van der Waals surface area contributed by atoms with E-state index in [-0.39, 0.29) is 0 Å². The van der Waals surface area contributed by atoms with Crippen LogP contribution in [0.1, 0.15) is 13.3 Å². The summed E-state index contributed by atoms with van der Waals surface area (Å²) in [4.78, 5) is 0. The fraction of sp³-hybridized carbons (Fsp3) is 0.300. The highest BCUT2D eigenvalue weighted by atomic mass is 16.6. The first-order valence-electron chi connectivity index (χ1n) is 3.96. The van der Waals surface area contributed by atoms with Gasteiger partial charge in [-0.2, -0.15) is 0 Å². The van der Waals surface area contributed by atoms with Gasteiger partial charge in [0.2, 0.25) is 5.79 Å². The van der Waals surface area contributed by atoms with E-state index >= 15 is 0 Å². The molecule has 1 atom stereocenters. The van der Waals surface area contributed by atoms with Gasteiger partial charge in [0.15, 0.2) is 0 Å². The summed E-state index contributed by atoms with van der Waals surface area (Å²) in [6.45, 7) is 5.33. The van der Waals surface area contributed by atoms with Crippen LogP contribution in [0.25, 0.3) is 0 Å². The van der Waals surface area contributed by atoms with E-state index in [1.807, 2.05) is 25.1 Å². The summed E-state index contributed by atoms with van der Waals surface area (Å²) in [5, 5.41) is 9.44. The Morgan fingerprint density at radius 3 is 2.50 bits per heavy atom. The molecular formula is C10H13O2. The van der Waals surface area contributed by atoms with E-state index in [0.29, 0.717) is 12.2 Å². The zero-order valence-electron chi connectivity index (χ0n) is 7.16. The average Bonchev–Trinajstić information content (AvgIpc) is 2.06. The molecule has 0 aliphatic rings. The zero-order valence-corrected chi connectivity index (χ0v) is 7.16. The standard InChI is InChI=1S/C10H13O2/c1-3-10(2,11)12-9-7-5-4-6-8-9/h4-8,11H,2-3H2,1H3. The third-order valence-electron chi connectivity index (χ3n) is 1.60. The molecular weight excluding hydrogens is 152 g/mol. The van der Waals surface area contributed by atoms with Crippen molar-refractivity contribution in [1.82, 2.24) is 0 Å². The van der Waals surface area contributed by atoms with Gasteiger partial charge in [-0.1, -0.05) is 25.1 Å². The number of para-hydroxylation sites is 1. The molecule has 0 bridgehead atoms. The SMILES string of the molecule is [CH2]C(O)(CC)Oc1ccccc1. The third-order valence-corrected chi connectivity index (χ3v) is 1.60. The Kier molecular flexibility index (Phi) is 2.71. The van der Waals surface area contributed by atoms with Gasteiger partial charge in [-0.25, -0.2) is 0 Å². The van der Waals surface area contributed by atoms with E-state index in [1.165, 1.54) is 0 Å². The summed E-state index contributed by atoms with van der Waals surface area (Å²) in [6, 6.07) is 9.15. The van der Waals surface area contributed by atoms with Crippen LogP contribution in [0.3, 0.4) is 0 Å². The first-order valence-corrected chi connectivity index (χ1v) is 3.96. The molecule has 65 valence electrons. The fourth-order valence-corrected chi connectivity index (χ4v) is 0.780. The van der Waals surface area contributed by atoms with E-state index in [4.69, 9.17) is 4.74 Å². The van der Waals surface area contributed by atoms with E-state index in [1.54, 1.807) is 12.1 Å². The lowest BCUT2D eigenvalue weighted by atomic mass is 10.2. The molecule has 1 N–H and O–H groups in total. The van der Waals surface area contributed by atoms with Gasteiger partial charge >= 0.3 is 0 Å². The number of aliphatic hydroxyl groups is 1. The second kappa shape index (κ2) is 3.59. The van der Waals surface area contributed by atoms with Gasteiger partial charge in [0.1, 0.15) is 5.75 Å². The minimum Gasteiger partial charge on any atom is -0.463 e. The minimum atomic E-state index is -1.30. The highest BCUT2D eigenvalue weighted by Gasteiger charge is 2.18. The molecule has 2 heteroatoms. The first-order chi connectivity index (χ1) is 5.64. The second-order valence-corrected chi connectivity index (χ2v) is 2.71. The maximum absolute atomic E-state index is 9.44. The van der Waals surface area contributed by atoms with Crippen molar-refractivity contribution in [2.24, 2.45) is 0 Å². The summed E-state index contributed by atoms with van der Waals surface area (Å²) in [6.07, 6.45) is 0.460. The van der Waals surface area contributed by atoms with E-state index in [0.717, 1.165) is 0 Å². The van der Waals surface area contributed by atoms with Crippen molar-refractivity contribution >= 4 is 0 Å². The molecule has 0 aliphatic heterocycles. The molecule has 1 aromatic rings. The predicted octanol–water partition coefficient (Wildman–Crippen LogP) is 2.00. The van der Waals surface area contributed by atoms with E-state index in [9.17, 15) is 5.11 Å². The molecule has 1 unspecified atom stereocenters. The summed E-state index contributed by atoms with van der Waals surface area (Å²) in [5.74, 6) is -0.668. The molecule has 0 spiro atoms. The topological polar surface area (TPSA) is 29.5 Å². The predicted molar refractivity (Wildman–Crippen MR) is 47.7 cm³/mol. The normalized spacial score (nSPS) is 15.2.